The van der Waals surface area contributed by atoms with E-state index in [0.29, 0.717) is 6.54 Å². The summed E-state index contributed by atoms with van der Waals surface area (Å²) in [6, 6.07) is 8.43. The second-order valence-electron chi connectivity index (χ2n) is 6.05. The van der Waals surface area contributed by atoms with Gasteiger partial charge in [0.2, 0.25) is 5.91 Å². The summed E-state index contributed by atoms with van der Waals surface area (Å²) in [6.45, 7) is 8.71. The number of benzene rings is 1. The zero-order valence-electron chi connectivity index (χ0n) is 11.7. The van der Waals surface area contributed by atoms with Crippen molar-refractivity contribution >= 4 is 11.6 Å². The van der Waals surface area contributed by atoms with E-state index in [1.165, 1.54) is 5.56 Å². The highest BCUT2D eigenvalue weighted by atomic mass is 16.2. The molecule has 0 bridgehead atoms. The van der Waals surface area contributed by atoms with Gasteiger partial charge in [-0.2, -0.15) is 0 Å². The normalized spacial score (nSPS) is 18.9. The molecular weight excluding hydrogens is 224 g/mol. The third-order valence-electron chi connectivity index (χ3n) is 3.25. The second-order valence-corrected chi connectivity index (χ2v) is 6.05. The van der Waals surface area contributed by atoms with Gasteiger partial charge in [-0.15, -0.1) is 0 Å². The molecule has 1 aliphatic heterocycles. The van der Waals surface area contributed by atoms with Crippen LogP contribution < -0.4 is 10.2 Å². The lowest BCUT2D eigenvalue weighted by molar-refractivity contribution is -0.118. The van der Waals surface area contributed by atoms with Gasteiger partial charge in [-0.05, 0) is 45.7 Å². The third kappa shape index (κ3) is 2.72. The molecule has 1 amide bonds. The molecule has 0 fully saturated rings. The average molecular weight is 246 g/mol. The fourth-order valence-electron chi connectivity index (χ4n) is 2.37. The number of hydrogen-bond acceptors (Lipinski definition) is 2. The van der Waals surface area contributed by atoms with Gasteiger partial charge in [0.15, 0.2) is 0 Å². The molecule has 0 saturated heterocycles. The van der Waals surface area contributed by atoms with Crippen LogP contribution in [0.5, 0.6) is 0 Å². The summed E-state index contributed by atoms with van der Waals surface area (Å²) in [6.07, 6.45) is 0.956. The van der Waals surface area contributed by atoms with Gasteiger partial charge in [-0.3, -0.25) is 4.79 Å². The summed E-state index contributed by atoms with van der Waals surface area (Å²) in [5.74, 6) is 0.155. The van der Waals surface area contributed by atoms with Crippen molar-refractivity contribution in [3.8, 4) is 0 Å². The van der Waals surface area contributed by atoms with Crippen molar-refractivity contribution in [3.63, 3.8) is 0 Å². The monoisotopic (exact) mass is 246 g/mol. The molecule has 2 rings (SSSR count). The lowest BCUT2D eigenvalue weighted by Gasteiger charge is -2.26. The smallest absolute Gasteiger partial charge is 0.241 e. The topological polar surface area (TPSA) is 32.3 Å². The van der Waals surface area contributed by atoms with Crippen molar-refractivity contribution in [1.82, 2.24) is 5.32 Å². The first kappa shape index (κ1) is 13.1. The zero-order chi connectivity index (χ0) is 13.3. The minimum atomic E-state index is -0.0296. The first-order valence-electron chi connectivity index (χ1n) is 6.53. The van der Waals surface area contributed by atoms with Gasteiger partial charge in [-0.25, -0.2) is 0 Å². The number of hydrogen-bond donors (Lipinski definition) is 1. The predicted octanol–water partition coefficient (Wildman–Crippen LogP) is 2.35. The van der Waals surface area contributed by atoms with Crippen molar-refractivity contribution in [1.29, 1.82) is 0 Å². The van der Waals surface area contributed by atoms with E-state index in [-0.39, 0.29) is 17.5 Å². The van der Waals surface area contributed by atoms with E-state index in [1.54, 1.807) is 0 Å². The molecule has 1 N–H and O–H groups in total. The number of carbonyl (C=O) groups excluding carboxylic acids is 1. The van der Waals surface area contributed by atoms with Crippen LogP contribution in [0.25, 0.3) is 0 Å². The summed E-state index contributed by atoms with van der Waals surface area (Å²) in [7, 11) is 0. The lowest BCUT2D eigenvalue weighted by atomic mass is 10.1. The number of fused-ring (bicyclic) bond motifs is 1. The number of rotatable bonds is 2. The van der Waals surface area contributed by atoms with Crippen LogP contribution in [-0.2, 0) is 11.2 Å². The van der Waals surface area contributed by atoms with E-state index in [4.69, 9.17) is 0 Å². The summed E-state index contributed by atoms with van der Waals surface area (Å²) < 4.78 is 0. The SMILES string of the molecule is C[C@@H]1Cc2ccccc2N1C(=O)CNC(C)(C)C. The molecule has 1 aliphatic rings. The molecule has 1 atom stereocenters. The molecule has 0 radical (unpaired) electrons. The molecular formula is C15H22N2O. The van der Waals surface area contributed by atoms with Crippen LogP contribution in [0.4, 0.5) is 5.69 Å². The molecule has 3 heteroatoms. The van der Waals surface area contributed by atoms with Crippen molar-refractivity contribution < 1.29 is 4.79 Å². The van der Waals surface area contributed by atoms with Crippen molar-refractivity contribution in [2.45, 2.75) is 45.7 Å². The Bertz CT molecular complexity index is 448. The maximum Gasteiger partial charge on any atom is 0.241 e. The Morgan fingerprint density at radius 2 is 2.06 bits per heavy atom. The van der Waals surface area contributed by atoms with Crippen LogP contribution in [0, 0.1) is 0 Å². The Hall–Kier alpha value is -1.35. The van der Waals surface area contributed by atoms with E-state index in [1.807, 2.05) is 23.1 Å². The Morgan fingerprint density at radius 3 is 2.72 bits per heavy atom. The zero-order valence-corrected chi connectivity index (χ0v) is 11.7. The van der Waals surface area contributed by atoms with Crippen LogP contribution in [-0.4, -0.2) is 24.0 Å². The summed E-state index contributed by atoms with van der Waals surface area (Å²) in [5.41, 5.74) is 2.32. The van der Waals surface area contributed by atoms with Crippen LogP contribution >= 0.6 is 0 Å². The molecule has 98 valence electrons. The standard InChI is InChI=1S/C15H22N2O/c1-11-9-12-7-5-6-8-13(12)17(11)14(18)10-16-15(2,3)4/h5-8,11,16H,9-10H2,1-4H3/t11-/m1/s1. The highest BCUT2D eigenvalue weighted by Gasteiger charge is 2.30. The van der Waals surface area contributed by atoms with Crippen LogP contribution in [0.1, 0.15) is 33.3 Å². The summed E-state index contributed by atoms with van der Waals surface area (Å²) in [5, 5.41) is 3.26. The van der Waals surface area contributed by atoms with Crippen molar-refractivity contribution in [2.24, 2.45) is 0 Å². The number of nitrogens with zero attached hydrogens (tertiary/aromatic N) is 1. The highest BCUT2D eigenvalue weighted by Crippen LogP contribution is 2.31. The Kier molecular flexibility index (Phi) is 3.44. The molecule has 3 nitrogen and oxygen atoms in total. The van der Waals surface area contributed by atoms with Gasteiger partial charge in [0.25, 0.3) is 0 Å². The van der Waals surface area contributed by atoms with Gasteiger partial charge >= 0.3 is 0 Å². The Labute approximate surface area is 109 Å². The minimum Gasteiger partial charge on any atom is -0.308 e. The first-order valence-corrected chi connectivity index (χ1v) is 6.53. The number of amides is 1. The minimum absolute atomic E-state index is 0.0296. The molecule has 1 aromatic carbocycles. The molecule has 1 aromatic rings. The Morgan fingerprint density at radius 1 is 1.39 bits per heavy atom. The number of anilines is 1. The fraction of sp³-hybridized carbons (Fsp3) is 0.533. The van der Waals surface area contributed by atoms with E-state index in [0.717, 1.165) is 12.1 Å². The number of carbonyl (C=O) groups is 1. The van der Waals surface area contributed by atoms with Crippen molar-refractivity contribution in [3.05, 3.63) is 29.8 Å². The van der Waals surface area contributed by atoms with E-state index < -0.39 is 0 Å². The van der Waals surface area contributed by atoms with Crippen LogP contribution in [0.2, 0.25) is 0 Å². The van der Waals surface area contributed by atoms with Gasteiger partial charge in [-0.1, -0.05) is 18.2 Å². The van der Waals surface area contributed by atoms with Gasteiger partial charge in [0, 0.05) is 17.3 Å². The van der Waals surface area contributed by atoms with E-state index >= 15 is 0 Å². The molecule has 18 heavy (non-hydrogen) atoms. The molecule has 1 heterocycles. The number of para-hydroxylation sites is 1. The maximum atomic E-state index is 12.3. The summed E-state index contributed by atoms with van der Waals surface area (Å²) >= 11 is 0. The third-order valence-corrected chi connectivity index (χ3v) is 3.25. The van der Waals surface area contributed by atoms with Gasteiger partial charge < -0.3 is 10.2 Å². The van der Waals surface area contributed by atoms with E-state index in [9.17, 15) is 4.79 Å². The fourth-order valence-corrected chi connectivity index (χ4v) is 2.37. The lowest BCUT2D eigenvalue weighted by Crippen LogP contribution is -2.46. The molecule has 0 aromatic heterocycles. The average Bonchev–Trinajstić information content (AvgIpc) is 2.61. The largest absolute Gasteiger partial charge is 0.308 e. The Balaban J connectivity index is 2.11. The quantitative estimate of drug-likeness (QED) is 0.868. The second kappa shape index (κ2) is 4.73. The van der Waals surface area contributed by atoms with Gasteiger partial charge in [0.1, 0.15) is 0 Å². The molecule has 0 aliphatic carbocycles. The number of nitrogens with one attached hydrogen (secondary N) is 1. The molecule has 0 saturated carbocycles. The highest BCUT2D eigenvalue weighted by molar-refractivity contribution is 5.97. The van der Waals surface area contributed by atoms with Crippen molar-refractivity contribution in [2.75, 3.05) is 11.4 Å². The summed E-state index contributed by atoms with van der Waals surface area (Å²) in [4.78, 5) is 14.3. The molecule has 0 spiro atoms. The molecule has 0 unspecified atom stereocenters. The van der Waals surface area contributed by atoms with Gasteiger partial charge in [0.05, 0.1) is 6.54 Å². The predicted molar refractivity (Wildman–Crippen MR) is 74.8 cm³/mol. The van der Waals surface area contributed by atoms with E-state index in [2.05, 4.69) is 39.1 Å². The first-order chi connectivity index (χ1) is 8.38. The maximum absolute atomic E-state index is 12.3. The van der Waals surface area contributed by atoms with Crippen LogP contribution in [0.3, 0.4) is 0 Å². The van der Waals surface area contributed by atoms with Crippen LogP contribution in [0.15, 0.2) is 24.3 Å².